The zero-order valence-corrected chi connectivity index (χ0v) is 12.9. The lowest BCUT2D eigenvalue weighted by Crippen LogP contribution is -2.57. The molecular formula is C16H18O9. The van der Waals surface area contributed by atoms with Crippen molar-refractivity contribution in [2.75, 3.05) is 0 Å². The molecule has 1 unspecified atom stereocenters. The van der Waals surface area contributed by atoms with Crippen LogP contribution in [0.5, 0.6) is 11.5 Å². The summed E-state index contributed by atoms with van der Waals surface area (Å²) in [4.78, 5) is 22.9. The number of carboxylic acids is 1. The first-order chi connectivity index (χ1) is 11.6. The van der Waals surface area contributed by atoms with Gasteiger partial charge in [-0.25, -0.2) is 9.59 Å². The third kappa shape index (κ3) is 4.27. The number of hydrogen-bond acceptors (Lipinski definition) is 8. The lowest BCUT2D eigenvalue weighted by molar-refractivity contribution is -0.196. The molecule has 1 aromatic rings. The van der Waals surface area contributed by atoms with E-state index >= 15 is 0 Å². The van der Waals surface area contributed by atoms with Crippen LogP contribution in [0, 0.1) is 0 Å². The van der Waals surface area contributed by atoms with Gasteiger partial charge in [0.2, 0.25) is 0 Å². The molecule has 0 spiro atoms. The van der Waals surface area contributed by atoms with E-state index in [0.29, 0.717) is 5.56 Å². The Bertz CT molecular complexity index is 699. The number of aliphatic carboxylic acids is 1. The van der Waals surface area contributed by atoms with Gasteiger partial charge in [-0.1, -0.05) is 6.07 Å². The number of rotatable bonds is 4. The average molecular weight is 354 g/mol. The smallest absolute Gasteiger partial charge is 0.335 e. The van der Waals surface area contributed by atoms with Crippen LogP contribution in [0.25, 0.3) is 6.08 Å². The van der Waals surface area contributed by atoms with E-state index in [-0.39, 0.29) is 11.5 Å². The fourth-order valence-corrected chi connectivity index (χ4v) is 2.53. The van der Waals surface area contributed by atoms with Crippen molar-refractivity contribution in [2.45, 2.75) is 36.8 Å². The summed E-state index contributed by atoms with van der Waals surface area (Å²) in [5.74, 6) is -3.24. The van der Waals surface area contributed by atoms with E-state index in [2.05, 4.69) is 0 Å². The van der Waals surface area contributed by atoms with Gasteiger partial charge in [0, 0.05) is 18.9 Å². The number of benzene rings is 1. The summed E-state index contributed by atoms with van der Waals surface area (Å²) in [5, 5.41) is 57.0. The summed E-state index contributed by atoms with van der Waals surface area (Å²) in [5.41, 5.74) is -1.94. The van der Waals surface area contributed by atoms with Crippen LogP contribution in [0.4, 0.5) is 0 Å². The lowest BCUT2D eigenvalue weighted by atomic mass is 9.79. The fraction of sp³-hybridized carbons (Fsp3) is 0.375. The molecule has 0 radical (unpaired) electrons. The molecule has 25 heavy (non-hydrogen) atoms. The third-order valence-corrected chi connectivity index (χ3v) is 3.94. The van der Waals surface area contributed by atoms with E-state index in [1.165, 1.54) is 24.3 Å². The topological polar surface area (TPSA) is 165 Å². The number of ether oxygens (including phenoxy) is 1. The lowest BCUT2D eigenvalue weighted by Gasteiger charge is -2.39. The van der Waals surface area contributed by atoms with E-state index in [1.54, 1.807) is 0 Å². The minimum atomic E-state index is -2.31. The van der Waals surface area contributed by atoms with Gasteiger partial charge in [0.1, 0.15) is 12.2 Å². The Hall–Kier alpha value is -2.62. The first-order valence-electron chi connectivity index (χ1n) is 7.35. The van der Waals surface area contributed by atoms with Crippen molar-refractivity contribution in [1.29, 1.82) is 0 Å². The number of carbonyl (C=O) groups is 2. The van der Waals surface area contributed by atoms with E-state index in [4.69, 9.17) is 9.84 Å². The summed E-state index contributed by atoms with van der Waals surface area (Å²) >= 11 is 0. The SMILES string of the molecule is O=C(/C=C/c1ccc(O)c(O)c1)OC1C[C@@](O)(C(=O)O)C[C@@H](O)[C@@H]1O. The summed E-state index contributed by atoms with van der Waals surface area (Å²) in [7, 11) is 0. The van der Waals surface area contributed by atoms with Crippen LogP contribution in [0.15, 0.2) is 24.3 Å². The third-order valence-electron chi connectivity index (χ3n) is 3.94. The second kappa shape index (κ2) is 7.09. The molecule has 1 saturated carbocycles. The second-order valence-electron chi connectivity index (χ2n) is 5.86. The molecule has 0 aromatic heterocycles. The molecular weight excluding hydrogens is 336 g/mol. The van der Waals surface area contributed by atoms with Crippen LogP contribution in [0.3, 0.4) is 0 Å². The first-order valence-corrected chi connectivity index (χ1v) is 7.35. The molecule has 9 heteroatoms. The highest BCUT2D eigenvalue weighted by Gasteiger charge is 2.50. The van der Waals surface area contributed by atoms with Crippen molar-refractivity contribution in [2.24, 2.45) is 0 Å². The minimum Gasteiger partial charge on any atom is -0.504 e. The molecule has 0 heterocycles. The van der Waals surface area contributed by atoms with Crippen molar-refractivity contribution >= 4 is 18.0 Å². The van der Waals surface area contributed by atoms with Gasteiger partial charge < -0.3 is 35.4 Å². The molecule has 1 aromatic carbocycles. The van der Waals surface area contributed by atoms with Gasteiger partial charge in [-0.3, -0.25) is 0 Å². The Balaban J connectivity index is 2.06. The molecule has 0 aliphatic heterocycles. The molecule has 2 rings (SSSR count). The number of esters is 1. The summed E-state index contributed by atoms with van der Waals surface area (Å²) in [6.07, 6.45) is -3.44. The molecule has 0 amide bonds. The maximum Gasteiger partial charge on any atom is 0.335 e. The highest BCUT2D eigenvalue weighted by atomic mass is 16.6. The predicted molar refractivity (Wildman–Crippen MR) is 82.5 cm³/mol. The quantitative estimate of drug-likeness (QED) is 0.234. The number of phenolic OH excluding ortho intramolecular Hbond substituents is 2. The molecule has 9 nitrogen and oxygen atoms in total. The van der Waals surface area contributed by atoms with E-state index < -0.39 is 48.7 Å². The Kier molecular flexibility index (Phi) is 5.31. The van der Waals surface area contributed by atoms with Gasteiger partial charge in [-0.05, 0) is 23.8 Å². The Labute approximate surface area is 142 Å². The van der Waals surface area contributed by atoms with E-state index in [9.17, 15) is 35.1 Å². The highest BCUT2D eigenvalue weighted by Crippen LogP contribution is 2.31. The minimum absolute atomic E-state index is 0.327. The number of carboxylic acid groups (broad SMARTS) is 1. The van der Waals surface area contributed by atoms with Gasteiger partial charge >= 0.3 is 11.9 Å². The number of hydrogen-bond donors (Lipinski definition) is 6. The number of aromatic hydroxyl groups is 2. The van der Waals surface area contributed by atoms with Crippen LogP contribution in [-0.2, 0) is 14.3 Å². The van der Waals surface area contributed by atoms with Gasteiger partial charge in [0.15, 0.2) is 17.1 Å². The molecule has 4 atom stereocenters. The van der Waals surface area contributed by atoms with Crippen LogP contribution < -0.4 is 0 Å². The maximum absolute atomic E-state index is 11.8. The Morgan fingerprint density at radius 3 is 2.44 bits per heavy atom. The van der Waals surface area contributed by atoms with Gasteiger partial charge in [0.05, 0.1) is 6.10 Å². The zero-order chi connectivity index (χ0) is 18.8. The summed E-state index contributed by atoms with van der Waals surface area (Å²) in [6, 6.07) is 3.83. The molecule has 0 bridgehead atoms. The van der Waals surface area contributed by atoms with Crippen molar-refractivity contribution in [3.8, 4) is 11.5 Å². The zero-order valence-electron chi connectivity index (χ0n) is 12.9. The van der Waals surface area contributed by atoms with Crippen molar-refractivity contribution in [3.05, 3.63) is 29.8 Å². The normalized spacial score (nSPS) is 29.5. The largest absolute Gasteiger partial charge is 0.504 e. The summed E-state index contributed by atoms with van der Waals surface area (Å²) in [6.45, 7) is 0. The molecule has 1 aliphatic rings. The van der Waals surface area contributed by atoms with Crippen LogP contribution in [-0.4, -0.2) is 66.5 Å². The van der Waals surface area contributed by atoms with Crippen molar-refractivity contribution in [3.63, 3.8) is 0 Å². The van der Waals surface area contributed by atoms with Gasteiger partial charge in [-0.2, -0.15) is 0 Å². The molecule has 6 N–H and O–H groups in total. The van der Waals surface area contributed by atoms with Crippen LogP contribution in [0.1, 0.15) is 18.4 Å². The molecule has 136 valence electrons. The standard InChI is InChI=1S/C16H18O9/c17-9-3-1-8(5-10(9)18)2-4-13(20)25-12-7-16(24,15(22)23)6-11(19)14(12)21/h1-5,11-12,14,17-19,21,24H,6-7H2,(H,22,23)/b4-2+/t11-,12?,14+,16-/m1/s1. The predicted octanol–water partition coefficient (Wildman–Crippen LogP) is -0.646. The first kappa shape index (κ1) is 18.7. The average Bonchev–Trinajstić information content (AvgIpc) is 2.53. The highest BCUT2D eigenvalue weighted by molar-refractivity contribution is 5.87. The number of aliphatic hydroxyl groups excluding tert-OH is 2. The van der Waals surface area contributed by atoms with Gasteiger partial charge in [-0.15, -0.1) is 0 Å². The number of phenols is 2. The number of carbonyl (C=O) groups excluding carboxylic acids is 1. The van der Waals surface area contributed by atoms with E-state index in [0.717, 1.165) is 6.08 Å². The maximum atomic E-state index is 11.8. The van der Waals surface area contributed by atoms with E-state index in [1.807, 2.05) is 0 Å². The fourth-order valence-electron chi connectivity index (χ4n) is 2.53. The van der Waals surface area contributed by atoms with Crippen molar-refractivity contribution in [1.82, 2.24) is 0 Å². The van der Waals surface area contributed by atoms with Crippen LogP contribution >= 0.6 is 0 Å². The Morgan fingerprint density at radius 1 is 1.16 bits per heavy atom. The molecule has 1 aliphatic carbocycles. The second-order valence-corrected chi connectivity index (χ2v) is 5.86. The van der Waals surface area contributed by atoms with Crippen LogP contribution in [0.2, 0.25) is 0 Å². The van der Waals surface area contributed by atoms with Crippen molar-refractivity contribution < 1.29 is 45.0 Å². The number of aliphatic hydroxyl groups is 3. The summed E-state index contributed by atoms with van der Waals surface area (Å²) < 4.78 is 4.92. The monoisotopic (exact) mass is 354 g/mol. The molecule has 1 fully saturated rings. The molecule has 0 saturated heterocycles. The Morgan fingerprint density at radius 2 is 1.84 bits per heavy atom. The van der Waals surface area contributed by atoms with Gasteiger partial charge in [0.25, 0.3) is 0 Å².